The number of nitrogen functional groups attached to an aromatic ring is 1. The largest absolute Gasteiger partial charge is 0.460 e. The van der Waals surface area contributed by atoms with Gasteiger partial charge in [0.2, 0.25) is 0 Å². The second-order valence-corrected chi connectivity index (χ2v) is 3.03. The number of nitrogens with two attached hydrogens (primary N) is 1. The lowest BCUT2D eigenvalue weighted by atomic mass is 10.2. The molecule has 1 rings (SSSR count). The summed E-state index contributed by atoms with van der Waals surface area (Å²) in [5.41, 5.74) is 5.25. The van der Waals surface area contributed by atoms with Crippen LogP contribution < -0.4 is 5.73 Å². The Hall–Kier alpha value is -1.62. The van der Waals surface area contributed by atoms with Gasteiger partial charge in [-0.1, -0.05) is 6.07 Å². The van der Waals surface area contributed by atoms with E-state index in [2.05, 4.69) is 0 Å². The van der Waals surface area contributed by atoms with Crippen LogP contribution in [0.1, 0.15) is 17.3 Å². The molecule has 16 heavy (non-hydrogen) atoms. The summed E-state index contributed by atoms with van der Waals surface area (Å²) in [5, 5.41) is 0. The Morgan fingerprint density at radius 3 is 2.88 bits per heavy atom. The molecular formula is C11H14FNO3. The van der Waals surface area contributed by atoms with Crippen molar-refractivity contribution in [3.05, 3.63) is 29.6 Å². The number of benzene rings is 1. The van der Waals surface area contributed by atoms with Gasteiger partial charge in [-0.2, -0.15) is 0 Å². The highest BCUT2D eigenvalue weighted by molar-refractivity contribution is 5.95. The van der Waals surface area contributed by atoms with Gasteiger partial charge in [-0.15, -0.1) is 0 Å². The van der Waals surface area contributed by atoms with E-state index < -0.39 is 11.8 Å². The molecule has 88 valence electrons. The standard InChI is InChI=1S/C11H14FNO3/c1-2-15-6-7-16-11(14)8-4-3-5-9(12)10(8)13/h3-5H,2,6-7,13H2,1H3. The zero-order valence-electron chi connectivity index (χ0n) is 9.03. The summed E-state index contributed by atoms with van der Waals surface area (Å²) in [4.78, 5) is 11.5. The third-order valence-corrected chi connectivity index (χ3v) is 1.94. The van der Waals surface area contributed by atoms with Gasteiger partial charge in [0.05, 0.1) is 17.9 Å². The molecule has 0 saturated heterocycles. The molecule has 0 bridgehead atoms. The minimum absolute atomic E-state index is 0.0384. The third-order valence-electron chi connectivity index (χ3n) is 1.94. The highest BCUT2D eigenvalue weighted by Gasteiger charge is 2.13. The van der Waals surface area contributed by atoms with E-state index >= 15 is 0 Å². The van der Waals surface area contributed by atoms with Crippen LogP contribution in [0.4, 0.5) is 10.1 Å². The van der Waals surface area contributed by atoms with Crippen LogP contribution in [0.3, 0.4) is 0 Å². The fourth-order valence-corrected chi connectivity index (χ4v) is 1.13. The van der Waals surface area contributed by atoms with Crippen molar-refractivity contribution in [2.24, 2.45) is 0 Å². The highest BCUT2D eigenvalue weighted by Crippen LogP contribution is 2.16. The Labute approximate surface area is 93.2 Å². The van der Waals surface area contributed by atoms with Gasteiger partial charge in [0.25, 0.3) is 0 Å². The molecule has 0 aliphatic rings. The third kappa shape index (κ3) is 3.20. The van der Waals surface area contributed by atoms with Gasteiger partial charge >= 0.3 is 5.97 Å². The molecular weight excluding hydrogens is 213 g/mol. The maximum Gasteiger partial charge on any atom is 0.340 e. The predicted octanol–water partition coefficient (Wildman–Crippen LogP) is 1.60. The zero-order chi connectivity index (χ0) is 12.0. The molecule has 0 spiro atoms. The van der Waals surface area contributed by atoms with Crippen molar-refractivity contribution < 1.29 is 18.7 Å². The average Bonchev–Trinajstić information content (AvgIpc) is 2.28. The Morgan fingerprint density at radius 2 is 2.19 bits per heavy atom. The van der Waals surface area contributed by atoms with Crippen LogP contribution in [0.5, 0.6) is 0 Å². The van der Waals surface area contributed by atoms with Crippen molar-refractivity contribution in [1.82, 2.24) is 0 Å². The van der Waals surface area contributed by atoms with Crippen LogP contribution >= 0.6 is 0 Å². The summed E-state index contributed by atoms with van der Waals surface area (Å²) < 4.78 is 22.9. The first-order valence-corrected chi connectivity index (χ1v) is 4.95. The molecule has 1 aromatic carbocycles. The second-order valence-electron chi connectivity index (χ2n) is 3.03. The van der Waals surface area contributed by atoms with Gasteiger partial charge in [-0.3, -0.25) is 0 Å². The molecule has 2 N–H and O–H groups in total. The number of carbonyl (C=O) groups is 1. The maximum atomic E-state index is 13.0. The van der Waals surface area contributed by atoms with E-state index in [9.17, 15) is 9.18 Å². The monoisotopic (exact) mass is 227 g/mol. The molecule has 4 nitrogen and oxygen atoms in total. The topological polar surface area (TPSA) is 61.5 Å². The van der Waals surface area contributed by atoms with Gasteiger partial charge in [0.1, 0.15) is 12.4 Å². The molecule has 0 amide bonds. The van der Waals surface area contributed by atoms with E-state index in [0.29, 0.717) is 13.2 Å². The number of para-hydroxylation sites is 1. The average molecular weight is 227 g/mol. The predicted molar refractivity (Wildman–Crippen MR) is 57.6 cm³/mol. The maximum absolute atomic E-state index is 13.0. The lowest BCUT2D eigenvalue weighted by Crippen LogP contribution is -2.13. The van der Waals surface area contributed by atoms with Gasteiger partial charge in [-0.25, -0.2) is 9.18 Å². The van der Waals surface area contributed by atoms with Crippen LogP contribution in [0.2, 0.25) is 0 Å². The number of anilines is 1. The molecule has 0 radical (unpaired) electrons. The van der Waals surface area contributed by atoms with Gasteiger partial charge in [0, 0.05) is 6.61 Å². The highest BCUT2D eigenvalue weighted by atomic mass is 19.1. The molecule has 0 fully saturated rings. The number of ether oxygens (including phenoxy) is 2. The Kier molecular flexibility index (Phi) is 4.72. The SMILES string of the molecule is CCOCCOC(=O)c1cccc(F)c1N. The zero-order valence-corrected chi connectivity index (χ0v) is 9.03. The summed E-state index contributed by atoms with van der Waals surface area (Å²) in [5.74, 6) is -1.27. The first kappa shape index (κ1) is 12.4. The summed E-state index contributed by atoms with van der Waals surface area (Å²) in [6.45, 7) is 2.84. The Balaban J connectivity index is 2.56. The van der Waals surface area contributed by atoms with Crippen LogP contribution in [-0.4, -0.2) is 25.8 Å². The molecule has 0 unspecified atom stereocenters. The van der Waals surface area contributed by atoms with Crippen molar-refractivity contribution in [2.45, 2.75) is 6.92 Å². The Bertz CT molecular complexity index is 368. The lowest BCUT2D eigenvalue weighted by Gasteiger charge is -2.07. The molecule has 0 heterocycles. The van der Waals surface area contributed by atoms with E-state index in [-0.39, 0.29) is 17.9 Å². The van der Waals surface area contributed by atoms with E-state index in [0.717, 1.165) is 0 Å². The molecule has 0 aliphatic heterocycles. The van der Waals surface area contributed by atoms with Crippen LogP contribution in [0.15, 0.2) is 18.2 Å². The smallest absolute Gasteiger partial charge is 0.340 e. The number of esters is 1. The number of hydrogen-bond donors (Lipinski definition) is 1. The first-order chi connectivity index (χ1) is 7.66. The normalized spacial score (nSPS) is 10.1. The summed E-state index contributed by atoms with van der Waals surface area (Å²) >= 11 is 0. The summed E-state index contributed by atoms with van der Waals surface area (Å²) in [7, 11) is 0. The molecule has 5 heteroatoms. The van der Waals surface area contributed by atoms with Gasteiger partial charge < -0.3 is 15.2 Å². The summed E-state index contributed by atoms with van der Waals surface area (Å²) in [6, 6.07) is 4.01. The summed E-state index contributed by atoms with van der Waals surface area (Å²) in [6.07, 6.45) is 0. The fourth-order valence-electron chi connectivity index (χ4n) is 1.13. The van der Waals surface area contributed by atoms with Crippen LogP contribution in [0.25, 0.3) is 0 Å². The number of halogens is 1. The molecule has 0 aliphatic carbocycles. The Morgan fingerprint density at radius 1 is 1.44 bits per heavy atom. The van der Waals surface area contributed by atoms with Crippen molar-refractivity contribution in [1.29, 1.82) is 0 Å². The van der Waals surface area contributed by atoms with Crippen LogP contribution in [0, 0.1) is 5.82 Å². The number of hydrogen-bond acceptors (Lipinski definition) is 4. The first-order valence-electron chi connectivity index (χ1n) is 4.95. The van der Waals surface area contributed by atoms with Crippen LogP contribution in [-0.2, 0) is 9.47 Å². The lowest BCUT2D eigenvalue weighted by molar-refractivity contribution is 0.0336. The molecule has 0 atom stereocenters. The van der Waals surface area contributed by atoms with E-state index in [1.54, 1.807) is 0 Å². The minimum Gasteiger partial charge on any atom is -0.460 e. The molecule has 1 aromatic rings. The number of carbonyl (C=O) groups excluding carboxylic acids is 1. The quantitative estimate of drug-likeness (QED) is 0.471. The van der Waals surface area contributed by atoms with Gasteiger partial charge in [-0.05, 0) is 19.1 Å². The van der Waals surface area contributed by atoms with Crippen molar-refractivity contribution >= 4 is 11.7 Å². The number of rotatable bonds is 5. The molecule has 0 saturated carbocycles. The second kappa shape index (κ2) is 6.07. The van der Waals surface area contributed by atoms with E-state index in [1.165, 1.54) is 18.2 Å². The van der Waals surface area contributed by atoms with E-state index in [1.807, 2.05) is 6.92 Å². The molecule has 0 aromatic heterocycles. The van der Waals surface area contributed by atoms with Crippen molar-refractivity contribution in [2.75, 3.05) is 25.6 Å². The van der Waals surface area contributed by atoms with E-state index in [4.69, 9.17) is 15.2 Å². The van der Waals surface area contributed by atoms with Gasteiger partial charge in [0.15, 0.2) is 0 Å². The van der Waals surface area contributed by atoms with Crippen molar-refractivity contribution in [3.8, 4) is 0 Å². The minimum atomic E-state index is -0.642. The van der Waals surface area contributed by atoms with Crippen molar-refractivity contribution in [3.63, 3.8) is 0 Å². The fraction of sp³-hybridized carbons (Fsp3) is 0.364.